The van der Waals surface area contributed by atoms with Crippen LogP contribution in [0.1, 0.15) is 45.7 Å². The summed E-state index contributed by atoms with van der Waals surface area (Å²) in [6.45, 7) is 12.2. The van der Waals surface area contributed by atoms with E-state index in [4.69, 9.17) is 0 Å². The lowest BCUT2D eigenvalue weighted by Gasteiger charge is -2.10. The predicted octanol–water partition coefficient (Wildman–Crippen LogP) is 5.98. The maximum Gasteiger partial charge on any atom is 0.123 e. The summed E-state index contributed by atoms with van der Waals surface area (Å²) < 4.78 is 0. The van der Waals surface area contributed by atoms with E-state index in [-0.39, 0.29) is 0 Å². The summed E-state index contributed by atoms with van der Waals surface area (Å²) in [5.41, 5.74) is 4.49. The van der Waals surface area contributed by atoms with Crippen molar-refractivity contribution in [1.29, 1.82) is 0 Å². The summed E-state index contributed by atoms with van der Waals surface area (Å²) in [4.78, 5) is 0. The molecule has 0 fully saturated rings. The first kappa shape index (κ1) is 18.2. The van der Waals surface area contributed by atoms with E-state index >= 15 is 0 Å². The van der Waals surface area contributed by atoms with Crippen LogP contribution in [-0.4, -0.2) is 5.11 Å². The topological polar surface area (TPSA) is 20.2 Å². The highest BCUT2D eigenvalue weighted by atomic mass is 16.3. The highest BCUT2D eigenvalue weighted by Crippen LogP contribution is 2.32. The minimum Gasteiger partial charge on any atom is -0.507 e. The van der Waals surface area contributed by atoms with Crippen LogP contribution in [0.25, 0.3) is 11.1 Å². The van der Waals surface area contributed by atoms with E-state index in [1.807, 2.05) is 58.9 Å². The zero-order valence-electron chi connectivity index (χ0n) is 13.7. The minimum atomic E-state index is 0.353. The van der Waals surface area contributed by atoms with Gasteiger partial charge < -0.3 is 5.11 Å². The van der Waals surface area contributed by atoms with E-state index < -0.39 is 0 Å². The van der Waals surface area contributed by atoms with Crippen LogP contribution in [0, 0.1) is 6.92 Å². The summed E-state index contributed by atoms with van der Waals surface area (Å²) in [6.07, 6.45) is 0.976. The quantitative estimate of drug-likeness (QED) is 0.712. The molecule has 0 amide bonds. The molecule has 1 heteroatoms. The Kier molecular flexibility index (Phi) is 9.19. The first-order valence-corrected chi connectivity index (χ1v) is 7.60. The van der Waals surface area contributed by atoms with Crippen molar-refractivity contribution in [3.8, 4) is 16.9 Å². The summed E-state index contributed by atoms with van der Waals surface area (Å²) >= 11 is 0. The third-order valence-electron chi connectivity index (χ3n) is 2.84. The van der Waals surface area contributed by atoms with Gasteiger partial charge in [0.2, 0.25) is 0 Å². The molecule has 0 spiro atoms. The fourth-order valence-electron chi connectivity index (χ4n) is 1.96. The smallest absolute Gasteiger partial charge is 0.123 e. The second-order valence-electron chi connectivity index (χ2n) is 4.03. The normalized spacial score (nSPS) is 8.90. The zero-order chi connectivity index (χ0) is 15.5. The number of aromatic hydroxyl groups is 1. The summed E-state index contributed by atoms with van der Waals surface area (Å²) in [6, 6.07) is 13.9. The van der Waals surface area contributed by atoms with E-state index in [1.54, 1.807) is 6.07 Å². The Morgan fingerprint density at radius 2 is 1.45 bits per heavy atom. The predicted molar refractivity (Wildman–Crippen MR) is 90.4 cm³/mol. The van der Waals surface area contributed by atoms with Gasteiger partial charge in [-0.05, 0) is 36.6 Å². The Bertz CT molecular complexity index is 501. The molecule has 0 radical (unpaired) electrons. The third-order valence-corrected chi connectivity index (χ3v) is 2.84. The minimum absolute atomic E-state index is 0.353. The average molecular weight is 272 g/mol. The van der Waals surface area contributed by atoms with Crippen molar-refractivity contribution in [3.63, 3.8) is 0 Å². The average Bonchev–Trinajstić information content (AvgIpc) is 2.53. The molecule has 2 aromatic rings. The molecule has 0 aliphatic heterocycles. The lowest BCUT2D eigenvalue weighted by Crippen LogP contribution is -1.88. The van der Waals surface area contributed by atoms with Crippen LogP contribution in [0.15, 0.2) is 42.5 Å². The molecule has 1 nitrogen and oxygen atoms in total. The third kappa shape index (κ3) is 4.73. The molecular formula is C19H28O. The van der Waals surface area contributed by atoms with Crippen LogP contribution in [0.2, 0.25) is 0 Å². The van der Waals surface area contributed by atoms with Gasteiger partial charge in [0.1, 0.15) is 5.75 Å². The molecule has 2 aromatic carbocycles. The molecule has 0 saturated carbocycles. The summed E-state index contributed by atoms with van der Waals surface area (Å²) in [7, 11) is 0. The highest BCUT2D eigenvalue weighted by Gasteiger charge is 2.07. The lowest BCUT2D eigenvalue weighted by atomic mass is 9.96. The van der Waals surface area contributed by atoms with Gasteiger partial charge in [-0.1, -0.05) is 70.5 Å². The van der Waals surface area contributed by atoms with Crippen molar-refractivity contribution in [3.05, 3.63) is 53.6 Å². The number of phenolic OH excluding ortho intramolecular Hbond substituents is 1. The molecule has 0 aromatic heterocycles. The Labute approximate surface area is 124 Å². The molecule has 0 heterocycles. The van der Waals surface area contributed by atoms with E-state index in [1.165, 1.54) is 11.1 Å². The monoisotopic (exact) mass is 272 g/mol. The first-order valence-electron chi connectivity index (χ1n) is 7.60. The number of rotatable bonds is 2. The standard InChI is InChI=1S/C15H16O.2C2H6/c1-3-12-6-4-5-7-13(12)14-10-11(2)8-9-15(14)16;2*1-2/h4-10,16H,3H2,1-2H3;2*1-2H3. The Hall–Kier alpha value is -1.76. The molecule has 2 rings (SSSR count). The molecular weight excluding hydrogens is 244 g/mol. The van der Waals surface area contributed by atoms with E-state index in [2.05, 4.69) is 19.1 Å². The number of phenols is 1. The van der Waals surface area contributed by atoms with Gasteiger partial charge in [-0.2, -0.15) is 0 Å². The SMILES string of the molecule is CC.CC.CCc1ccccc1-c1cc(C)ccc1O. The number of aryl methyl sites for hydroxylation is 2. The van der Waals surface area contributed by atoms with Crippen LogP contribution < -0.4 is 0 Å². The number of hydrogen-bond donors (Lipinski definition) is 1. The molecule has 0 aliphatic rings. The molecule has 110 valence electrons. The van der Waals surface area contributed by atoms with Crippen molar-refractivity contribution in [2.24, 2.45) is 0 Å². The van der Waals surface area contributed by atoms with Crippen LogP contribution in [-0.2, 0) is 6.42 Å². The van der Waals surface area contributed by atoms with Gasteiger partial charge in [0.15, 0.2) is 0 Å². The fourth-order valence-corrected chi connectivity index (χ4v) is 1.96. The second kappa shape index (κ2) is 10.1. The van der Waals surface area contributed by atoms with Crippen LogP contribution in [0.3, 0.4) is 0 Å². The molecule has 0 unspecified atom stereocenters. The maximum absolute atomic E-state index is 9.91. The molecule has 0 aliphatic carbocycles. The van der Waals surface area contributed by atoms with E-state index in [0.717, 1.165) is 17.5 Å². The fraction of sp³-hybridized carbons (Fsp3) is 0.368. The van der Waals surface area contributed by atoms with Crippen molar-refractivity contribution < 1.29 is 5.11 Å². The second-order valence-corrected chi connectivity index (χ2v) is 4.03. The first-order chi connectivity index (χ1) is 9.72. The van der Waals surface area contributed by atoms with Gasteiger partial charge in [-0.25, -0.2) is 0 Å². The van der Waals surface area contributed by atoms with Gasteiger partial charge in [0, 0.05) is 5.56 Å². The molecule has 1 N–H and O–H groups in total. The van der Waals surface area contributed by atoms with Gasteiger partial charge in [0.25, 0.3) is 0 Å². The Balaban J connectivity index is 0.000000829. The highest BCUT2D eigenvalue weighted by molar-refractivity contribution is 5.73. The van der Waals surface area contributed by atoms with Gasteiger partial charge in [0.05, 0.1) is 0 Å². The van der Waals surface area contributed by atoms with E-state index in [0.29, 0.717) is 5.75 Å². The van der Waals surface area contributed by atoms with Crippen LogP contribution >= 0.6 is 0 Å². The molecule has 0 saturated heterocycles. The number of benzene rings is 2. The van der Waals surface area contributed by atoms with Crippen LogP contribution in [0.4, 0.5) is 0 Å². The van der Waals surface area contributed by atoms with E-state index in [9.17, 15) is 5.11 Å². The Morgan fingerprint density at radius 1 is 0.850 bits per heavy atom. The van der Waals surface area contributed by atoms with Gasteiger partial charge in [-0.15, -0.1) is 0 Å². The zero-order valence-corrected chi connectivity index (χ0v) is 13.7. The van der Waals surface area contributed by atoms with Crippen molar-refractivity contribution in [2.45, 2.75) is 48.0 Å². The summed E-state index contributed by atoms with van der Waals surface area (Å²) in [5.74, 6) is 0.353. The molecule has 0 atom stereocenters. The van der Waals surface area contributed by atoms with Crippen molar-refractivity contribution in [2.75, 3.05) is 0 Å². The molecule has 0 bridgehead atoms. The van der Waals surface area contributed by atoms with Gasteiger partial charge >= 0.3 is 0 Å². The summed E-state index contributed by atoms with van der Waals surface area (Å²) in [5, 5.41) is 9.91. The lowest BCUT2D eigenvalue weighted by molar-refractivity contribution is 0.477. The van der Waals surface area contributed by atoms with Crippen molar-refractivity contribution >= 4 is 0 Å². The van der Waals surface area contributed by atoms with Crippen molar-refractivity contribution in [1.82, 2.24) is 0 Å². The largest absolute Gasteiger partial charge is 0.507 e. The van der Waals surface area contributed by atoms with Gasteiger partial charge in [-0.3, -0.25) is 0 Å². The Morgan fingerprint density at radius 3 is 2.05 bits per heavy atom. The van der Waals surface area contributed by atoms with Crippen LogP contribution in [0.5, 0.6) is 5.75 Å². The number of hydrogen-bond acceptors (Lipinski definition) is 1. The maximum atomic E-state index is 9.91. The molecule has 20 heavy (non-hydrogen) atoms.